The molecule has 0 saturated heterocycles. The first-order valence-electron chi connectivity index (χ1n) is 16.9. The van der Waals surface area contributed by atoms with Crippen molar-refractivity contribution in [3.63, 3.8) is 0 Å². The predicted octanol–water partition coefficient (Wildman–Crippen LogP) is 11.1. The largest absolute Gasteiger partial charge is 0.478 e. The van der Waals surface area contributed by atoms with Gasteiger partial charge in [0.1, 0.15) is 11.6 Å². The molecule has 0 atom stereocenters. The van der Waals surface area contributed by atoms with E-state index in [0.717, 1.165) is 42.7 Å². The van der Waals surface area contributed by atoms with Crippen LogP contribution in [0, 0.1) is 0 Å². The van der Waals surface area contributed by atoms with Gasteiger partial charge in [-0.15, -0.1) is 0 Å². The Kier molecular flexibility index (Phi) is 12.6. The summed E-state index contributed by atoms with van der Waals surface area (Å²) in [7, 11) is 2.85. The number of carbonyl (C=O) groups is 2. The molecule has 0 fully saturated rings. The second-order valence-corrected chi connectivity index (χ2v) is 13.9. The number of ether oxygens (including phenoxy) is 1. The number of esters is 1. The molecule has 6 rings (SSSR count). The van der Waals surface area contributed by atoms with Crippen LogP contribution in [0.4, 0.5) is 61.5 Å². The monoisotopic (exact) mass is 952 g/mol. The lowest BCUT2D eigenvalue weighted by Gasteiger charge is -2.30. The maximum atomic E-state index is 14.4. The smallest absolute Gasteiger partial charge is 0.437 e. The zero-order valence-corrected chi connectivity index (χ0v) is 33.0. The topological polar surface area (TPSA) is 109 Å². The van der Waals surface area contributed by atoms with E-state index in [1.165, 1.54) is 61.2 Å². The number of carbonyl (C=O) groups excluding carboxylic acids is 1. The minimum absolute atomic E-state index is 0.0331. The Balaban J connectivity index is 0.000000238. The van der Waals surface area contributed by atoms with E-state index in [-0.39, 0.29) is 32.8 Å². The van der Waals surface area contributed by atoms with E-state index >= 15 is 0 Å². The van der Waals surface area contributed by atoms with Gasteiger partial charge < -0.3 is 19.0 Å². The number of hydrogen-bond donors (Lipinski definition) is 1. The van der Waals surface area contributed by atoms with Crippen molar-refractivity contribution in [3.05, 3.63) is 118 Å². The van der Waals surface area contributed by atoms with Gasteiger partial charge in [-0.1, -0.05) is 35.3 Å². The van der Waals surface area contributed by atoms with Crippen molar-refractivity contribution in [2.24, 2.45) is 14.1 Å². The van der Waals surface area contributed by atoms with E-state index in [4.69, 9.17) is 28.3 Å². The number of halogens is 16. The fourth-order valence-electron chi connectivity index (χ4n) is 6.09. The van der Waals surface area contributed by atoms with Gasteiger partial charge in [-0.05, 0) is 59.7 Å². The van der Waals surface area contributed by atoms with E-state index in [2.05, 4.69) is 14.9 Å². The van der Waals surface area contributed by atoms with E-state index in [0.29, 0.717) is 43.5 Å². The lowest BCUT2D eigenvalue weighted by molar-refractivity contribution is -0.351. The predicted molar refractivity (Wildman–Crippen MR) is 194 cm³/mol. The first-order chi connectivity index (χ1) is 28.9. The standard InChI is InChI=1S/C19H13ClF7N3O2.C18H11ClF7N3O2/c1-29-14(17(21,18(22,23)24)19(25,26)27)5-6-15(29)30-9-11(8-28-30)10-3-4-13(20)12(7-10)16(31)32-2;1-28-13(16(20,17(21,22)23)18(24,25)26)4-5-14(28)29-8-10(7-27-29)9-2-3-12(19)11(6-9)15(30)31/h3-9H,1-2H3;2-8H,1H3,(H,30,31). The molecule has 26 heteroatoms. The van der Waals surface area contributed by atoms with Crippen molar-refractivity contribution in [2.45, 2.75) is 36.0 Å². The Morgan fingerprint density at radius 3 is 1.24 bits per heavy atom. The van der Waals surface area contributed by atoms with Crippen LogP contribution in [0.5, 0.6) is 0 Å². The summed E-state index contributed by atoms with van der Waals surface area (Å²) in [6.07, 6.45) is -20.0. The molecule has 0 aliphatic carbocycles. The number of hydrogen-bond acceptors (Lipinski definition) is 5. The summed E-state index contributed by atoms with van der Waals surface area (Å²) in [4.78, 5) is 23.0. The summed E-state index contributed by atoms with van der Waals surface area (Å²) in [6.45, 7) is 0. The number of carboxylic acids is 1. The number of rotatable bonds is 8. The minimum Gasteiger partial charge on any atom is -0.478 e. The van der Waals surface area contributed by atoms with Crippen molar-refractivity contribution in [1.82, 2.24) is 28.7 Å². The van der Waals surface area contributed by atoms with Gasteiger partial charge in [-0.3, -0.25) is 0 Å². The van der Waals surface area contributed by atoms with Gasteiger partial charge in [0.15, 0.2) is 0 Å². The maximum Gasteiger partial charge on any atom is 0.437 e. The highest BCUT2D eigenvalue weighted by molar-refractivity contribution is 6.34. The van der Waals surface area contributed by atoms with Gasteiger partial charge in [0.2, 0.25) is 0 Å². The maximum absolute atomic E-state index is 14.4. The van der Waals surface area contributed by atoms with Crippen LogP contribution in [0.2, 0.25) is 10.0 Å². The molecular formula is C37H24Cl2F14N6O4. The van der Waals surface area contributed by atoms with E-state index in [1.807, 2.05) is 0 Å². The summed E-state index contributed by atoms with van der Waals surface area (Å²) in [6, 6.07) is 10.8. The second-order valence-electron chi connectivity index (χ2n) is 13.1. The molecule has 0 radical (unpaired) electrons. The molecule has 1 N–H and O–H groups in total. The lowest BCUT2D eigenvalue weighted by Crippen LogP contribution is -2.51. The molecule has 0 aliphatic rings. The van der Waals surface area contributed by atoms with Gasteiger partial charge in [0.25, 0.3) is 0 Å². The first kappa shape index (κ1) is 48.0. The molecule has 0 spiro atoms. The number of benzene rings is 2. The van der Waals surface area contributed by atoms with E-state index < -0.39 is 59.4 Å². The quantitative estimate of drug-likeness (QED) is 0.120. The van der Waals surface area contributed by atoms with Crippen molar-refractivity contribution in [1.29, 1.82) is 0 Å². The third-order valence-electron chi connectivity index (χ3n) is 9.33. The summed E-state index contributed by atoms with van der Waals surface area (Å²) in [5.41, 5.74) is -13.3. The second kappa shape index (κ2) is 16.6. The highest BCUT2D eigenvalue weighted by Gasteiger charge is 2.75. The number of aromatic carboxylic acids is 1. The fourth-order valence-corrected chi connectivity index (χ4v) is 6.48. The Morgan fingerprint density at radius 1 is 0.556 bits per heavy atom. The zero-order chi connectivity index (χ0) is 47.4. The molecule has 2 aromatic carbocycles. The Labute approximate surface area is 353 Å². The molecule has 0 bridgehead atoms. The average molecular weight is 954 g/mol. The van der Waals surface area contributed by atoms with E-state index in [9.17, 15) is 71.1 Å². The minimum atomic E-state index is -6.25. The van der Waals surface area contributed by atoms with Crippen LogP contribution in [0.3, 0.4) is 0 Å². The highest BCUT2D eigenvalue weighted by atomic mass is 35.5. The van der Waals surface area contributed by atoms with Crippen LogP contribution in [0.15, 0.2) is 85.5 Å². The average Bonchev–Trinajstić information content (AvgIpc) is 4.00. The van der Waals surface area contributed by atoms with E-state index in [1.54, 1.807) is 0 Å². The lowest BCUT2D eigenvalue weighted by atomic mass is 10.0. The number of aromatic nitrogens is 6. The molecular weight excluding hydrogens is 929 g/mol. The summed E-state index contributed by atoms with van der Waals surface area (Å²) >= 11 is 11.7. The van der Waals surface area contributed by atoms with Crippen molar-refractivity contribution in [2.75, 3.05) is 7.11 Å². The fraction of sp³-hybridized carbons (Fsp3) is 0.243. The Hall–Kier alpha value is -6.04. The van der Waals surface area contributed by atoms with Crippen molar-refractivity contribution >= 4 is 35.1 Å². The molecule has 0 amide bonds. The van der Waals surface area contributed by atoms with Crippen LogP contribution >= 0.6 is 23.2 Å². The molecule has 4 heterocycles. The molecule has 63 heavy (non-hydrogen) atoms. The van der Waals surface area contributed by atoms with Gasteiger partial charge >= 0.3 is 48.0 Å². The Morgan fingerprint density at radius 2 is 0.905 bits per heavy atom. The van der Waals surface area contributed by atoms with Gasteiger partial charge in [0.05, 0.1) is 52.1 Å². The van der Waals surface area contributed by atoms with Crippen molar-refractivity contribution < 1.29 is 80.9 Å². The van der Waals surface area contributed by atoms with Gasteiger partial charge in [-0.2, -0.15) is 62.9 Å². The SMILES string of the molecule is COC(=O)c1cc(-c2cnn(-c3ccc(C(F)(C(F)(F)F)C(F)(F)F)n3C)c2)ccc1Cl.Cn1c(-n2cc(-c3ccc(Cl)c(C(=O)O)c3)cn2)ccc1C(F)(C(F)(F)F)C(F)(F)F. The number of carboxylic acid groups (broad SMARTS) is 1. The summed E-state index contributed by atoms with van der Waals surface area (Å²) in [5, 5.41) is 17.0. The first-order valence-corrected chi connectivity index (χ1v) is 17.6. The van der Waals surface area contributed by atoms with Crippen LogP contribution < -0.4 is 0 Å². The summed E-state index contributed by atoms with van der Waals surface area (Å²) < 4.78 is 193. The Bertz CT molecular complexity index is 2650. The molecule has 6 aromatic rings. The van der Waals surface area contributed by atoms with Crippen LogP contribution in [-0.4, -0.2) is 77.6 Å². The third-order valence-corrected chi connectivity index (χ3v) is 9.99. The zero-order valence-electron chi connectivity index (χ0n) is 31.5. The molecule has 0 aliphatic heterocycles. The van der Waals surface area contributed by atoms with Crippen LogP contribution in [0.1, 0.15) is 32.1 Å². The van der Waals surface area contributed by atoms with Crippen LogP contribution in [-0.2, 0) is 30.2 Å². The van der Waals surface area contributed by atoms with Crippen molar-refractivity contribution in [3.8, 4) is 33.9 Å². The normalized spacial score (nSPS) is 12.9. The third kappa shape index (κ3) is 8.56. The molecule has 0 unspecified atom stereocenters. The molecule has 10 nitrogen and oxygen atoms in total. The number of methoxy groups -OCH3 is 1. The van der Waals surface area contributed by atoms with Gasteiger partial charge in [0, 0.05) is 37.6 Å². The molecule has 338 valence electrons. The molecule has 0 saturated carbocycles. The van der Waals surface area contributed by atoms with Crippen LogP contribution in [0.25, 0.3) is 33.9 Å². The highest BCUT2D eigenvalue weighted by Crippen LogP contribution is 2.55. The number of alkyl halides is 14. The molecule has 4 aromatic heterocycles. The van der Waals surface area contributed by atoms with Gasteiger partial charge in [-0.25, -0.2) is 27.7 Å². The summed E-state index contributed by atoms with van der Waals surface area (Å²) in [5.74, 6) is -2.56. The number of nitrogens with zero attached hydrogens (tertiary/aromatic N) is 6.